The minimum atomic E-state index is -0.391. The van der Waals surface area contributed by atoms with Gasteiger partial charge in [0.05, 0.1) is 17.9 Å². The summed E-state index contributed by atoms with van der Waals surface area (Å²) in [6, 6.07) is 9.59. The van der Waals surface area contributed by atoms with E-state index in [9.17, 15) is 4.79 Å². The van der Waals surface area contributed by atoms with Crippen molar-refractivity contribution in [3.8, 4) is 5.75 Å². The van der Waals surface area contributed by atoms with Crippen LogP contribution in [0.25, 0.3) is 0 Å². The third-order valence-electron chi connectivity index (χ3n) is 2.58. The molecule has 0 aliphatic carbocycles. The van der Waals surface area contributed by atoms with Crippen LogP contribution in [0.1, 0.15) is 22.2 Å². The summed E-state index contributed by atoms with van der Waals surface area (Å²) < 4.78 is 5.54. The van der Waals surface area contributed by atoms with Gasteiger partial charge in [-0.1, -0.05) is 12.1 Å². The van der Waals surface area contributed by atoms with Gasteiger partial charge in [0.1, 0.15) is 5.75 Å². The second-order valence-corrected chi connectivity index (χ2v) is 4.94. The lowest BCUT2D eigenvalue weighted by molar-refractivity contribution is 0.100. The van der Waals surface area contributed by atoms with Gasteiger partial charge < -0.3 is 15.8 Å². The van der Waals surface area contributed by atoms with Crippen molar-refractivity contribution in [2.24, 2.45) is 5.73 Å². The lowest BCUT2D eigenvalue weighted by Crippen LogP contribution is -2.09. The Balaban J connectivity index is 2.03. The third kappa shape index (κ3) is 3.48. The van der Waals surface area contributed by atoms with E-state index in [1.165, 1.54) is 11.3 Å². The van der Waals surface area contributed by atoms with Crippen LogP contribution in [-0.4, -0.2) is 12.5 Å². The smallest absolute Gasteiger partial charge is 0.249 e. The highest BCUT2D eigenvalue weighted by Gasteiger charge is 2.06. The van der Waals surface area contributed by atoms with Crippen LogP contribution in [0.15, 0.2) is 35.7 Å². The van der Waals surface area contributed by atoms with Crippen LogP contribution in [0.4, 0.5) is 5.69 Å². The first-order chi connectivity index (χ1) is 9.20. The molecule has 0 aliphatic heterocycles. The molecule has 2 rings (SSSR count). The van der Waals surface area contributed by atoms with Gasteiger partial charge >= 0.3 is 0 Å². The molecule has 0 fully saturated rings. The highest BCUT2D eigenvalue weighted by molar-refractivity contribution is 7.10. The van der Waals surface area contributed by atoms with E-state index in [4.69, 9.17) is 10.5 Å². The van der Waals surface area contributed by atoms with E-state index in [-0.39, 0.29) is 0 Å². The first kappa shape index (κ1) is 13.4. The molecule has 100 valence electrons. The number of ether oxygens (including phenoxy) is 1. The molecule has 0 unspecified atom stereocenters. The number of para-hydroxylation sites is 2. The predicted molar refractivity (Wildman–Crippen MR) is 77.8 cm³/mol. The average Bonchev–Trinajstić information content (AvgIpc) is 2.87. The normalized spacial score (nSPS) is 10.2. The maximum absolute atomic E-state index is 11.0. The van der Waals surface area contributed by atoms with Gasteiger partial charge in [-0.3, -0.25) is 4.79 Å². The number of anilines is 1. The molecular formula is C14H16N2O2S. The molecule has 1 amide bonds. The second-order valence-electron chi connectivity index (χ2n) is 3.95. The minimum absolute atomic E-state index is 0.391. The summed E-state index contributed by atoms with van der Waals surface area (Å²) in [5, 5.41) is 5.07. The number of primary amides is 1. The molecule has 0 saturated carbocycles. The Morgan fingerprint density at radius 3 is 2.89 bits per heavy atom. The Bertz CT molecular complexity index is 566. The van der Waals surface area contributed by atoms with E-state index in [1.54, 1.807) is 5.38 Å². The van der Waals surface area contributed by atoms with Gasteiger partial charge in [-0.15, -0.1) is 11.3 Å². The number of amides is 1. The predicted octanol–water partition coefficient (Wildman–Crippen LogP) is 2.86. The molecule has 3 N–H and O–H groups in total. The molecule has 1 heterocycles. The number of nitrogens with one attached hydrogen (secondary N) is 1. The van der Waals surface area contributed by atoms with Crippen molar-refractivity contribution in [2.75, 3.05) is 11.9 Å². The van der Waals surface area contributed by atoms with Crippen molar-refractivity contribution in [1.82, 2.24) is 0 Å². The molecule has 5 heteroatoms. The summed E-state index contributed by atoms with van der Waals surface area (Å²) in [5.74, 6) is 0.439. The molecule has 0 bridgehead atoms. The SMILES string of the molecule is CCOc1ccccc1NCc1cc(C(N)=O)cs1. The van der Waals surface area contributed by atoms with Crippen LogP contribution in [0, 0.1) is 0 Å². The molecule has 0 aliphatic rings. The van der Waals surface area contributed by atoms with Crippen molar-refractivity contribution in [3.05, 3.63) is 46.2 Å². The summed E-state index contributed by atoms with van der Waals surface area (Å²) in [4.78, 5) is 12.1. The van der Waals surface area contributed by atoms with E-state index >= 15 is 0 Å². The number of hydrogen-bond donors (Lipinski definition) is 2. The molecule has 0 atom stereocenters. The average molecular weight is 276 g/mol. The standard InChI is InChI=1S/C14H16N2O2S/c1-2-18-13-6-4-3-5-12(13)16-8-11-7-10(9-19-11)14(15)17/h3-7,9,16H,2,8H2,1H3,(H2,15,17). The first-order valence-corrected chi connectivity index (χ1v) is 6.91. The van der Waals surface area contributed by atoms with Crippen molar-refractivity contribution >= 4 is 22.9 Å². The van der Waals surface area contributed by atoms with Crippen molar-refractivity contribution in [2.45, 2.75) is 13.5 Å². The van der Waals surface area contributed by atoms with Crippen LogP contribution in [0.2, 0.25) is 0 Å². The second kappa shape index (κ2) is 6.24. The zero-order valence-corrected chi connectivity index (χ0v) is 11.5. The van der Waals surface area contributed by atoms with Crippen LogP contribution in [-0.2, 0) is 6.54 Å². The van der Waals surface area contributed by atoms with Gasteiger partial charge in [-0.2, -0.15) is 0 Å². The topological polar surface area (TPSA) is 64.3 Å². The number of rotatable bonds is 6. The molecule has 1 aromatic heterocycles. The van der Waals surface area contributed by atoms with E-state index in [1.807, 2.05) is 37.3 Å². The highest BCUT2D eigenvalue weighted by Crippen LogP contribution is 2.25. The molecule has 0 radical (unpaired) electrons. The molecule has 1 aromatic carbocycles. The largest absolute Gasteiger partial charge is 0.492 e. The van der Waals surface area contributed by atoms with Gasteiger partial charge in [0.15, 0.2) is 0 Å². The third-order valence-corrected chi connectivity index (χ3v) is 3.51. The molecule has 2 aromatic rings. The summed E-state index contributed by atoms with van der Waals surface area (Å²) >= 11 is 1.51. The van der Waals surface area contributed by atoms with E-state index < -0.39 is 5.91 Å². The Morgan fingerprint density at radius 2 is 2.21 bits per heavy atom. The van der Waals surface area contributed by atoms with Crippen LogP contribution < -0.4 is 15.8 Å². The Morgan fingerprint density at radius 1 is 1.42 bits per heavy atom. The number of thiophene rings is 1. The van der Waals surface area contributed by atoms with Gasteiger partial charge in [0, 0.05) is 16.8 Å². The van der Waals surface area contributed by atoms with E-state index in [0.717, 1.165) is 16.3 Å². The number of nitrogens with two attached hydrogens (primary N) is 1. The monoisotopic (exact) mass is 276 g/mol. The van der Waals surface area contributed by atoms with Gasteiger partial charge in [-0.25, -0.2) is 0 Å². The van der Waals surface area contributed by atoms with Crippen LogP contribution >= 0.6 is 11.3 Å². The maximum Gasteiger partial charge on any atom is 0.249 e. The van der Waals surface area contributed by atoms with Crippen LogP contribution in [0.5, 0.6) is 5.75 Å². The van der Waals surface area contributed by atoms with Gasteiger partial charge in [0.25, 0.3) is 0 Å². The fraction of sp³-hybridized carbons (Fsp3) is 0.214. The van der Waals surface area contributed by atoms with Crippen LogP contribution in [0.3, 0.4) is 0 Å². The molecule has 4 nitrogen and oxygen atoms in total. The van der Waals surface area contributed by atoms with Crippen molar-refractivity contribution in [3.63, 3.8) is 0 Å². The molecule has 0 spiro atoms. The Labute approximate surface area is 116 Å². The fourth-order valence-electron chi connectivity index (χ4n) is 1.68. The number of carbonyl (C=O) groups is 1. The minimum Gasteiger partial charge on any atom is -0.492 e. The summed E-state index contributed by atoms with van der Waals surface area (Å²) in [5.41, 5.74) is 6.72. The molecule has 19 heavy (non-hydrogen) atoms. The summed E-state index contributed by atoms with van der Waals surface area (Å²) in [6.07, 6.45) is 0. The number of hydrogen-bond acceptors (Lipinski definition) is 4. The maximum atomic E-state index is 11.0. The lowest BCUT2D eigenvalue weighted by atomic mass is 10.2. The molecule has 0 saturated heterocycles. The Kier molecular flexibility index (Phi) is 4.41. The van der Waals surface area contributed by atoms with Gasteiger partial charge in [0.2, 0.25) is 5.91 Å². The van der Waals surface area contributed by atoms with Crippen molar-refractivity contribution in [1.29, 1.82) is 0 Å². The summed E-state index contributed by atoms with van der Waals surface area (Å²) in [7, 11) is 0. The zero-order chi connectivity index (χ0) is 13.7. The lowest BCUT2D eigenvalue weighted by Gasteiger charge is -2.11. The quantitative estimate of drug-likeness (QED) is 0.852. The number of carbonyl (C=O) groups excluding carboxylic acids is 1. The number of benzene rings is 1. The van der Waals surface area contributed by atoms with Crippen molar-refractivity contribution < 1.29 is 9.53 Å². The molecular weight excluding hydrogens is 260 g/mol. The highest BCUT2D eigenvalue weighted by atomic mass is 32.1. The fourth-order valence-corrected chi connectivity index (χ4v) is 2.49. The first-order valence-electron chi connectivity index (χ1n) is 6.03. The summed E-state index contributed by atoms with van der Waals surface area (Å²) in [6.45, 7) is 3.22. The van der Waals surface area contributed by atoms with E-state index in [2.05, 4.69) is 5.32 Å². The zero-order valence-electron chi connectivity index (χ0n) is 10.7. The van der Waals surface area contributed by atoms with Gasteiger partial charge in [-0.05, 0) is 25.1 Å². The van der Waals surface area contributed by atoms with E-state index in [0.29, 0.717) is 18.7 Å². The Hall–Kier alpha value is -2.01.